The molecule has 4 rings (SSSR count). The van der Waals surface area contributed by atoms with Crippen molar-refractivity contribution in [3.63, 3.8) is 0 Å². The van der Waals surface area contributed by atoms with Gasteiger partial charge in [0, 0.05) is 49.9 Å². The third-order valence-corrected chi connectivity index (χ3v) is 7.14. The second kappa shape index (κ2) is 9.86. The maximum absolute atomic E-state index is 13.1. The zero-order valence-electron chi connectivity index (χ0n) is 19.6. The van der Waals surface area contributed by atoms with Crippen LogP contribution in [-0.2, 0) is 6.42 Å². The molecule has 2 heterocycles. The molecule has 0 spiro atoms. The number of nitrogens with zero attached hydrogens (tertiary/aromatic N) is 3. The van der Waals surface area contributed by atoms with Gasteiger partial charge in [0.1, 0.15) is 0 Å². The summed E-state index contributed by atoms with van der Waals surface area (Å²) in [5, 5.41) is 0. The van der Waals surface area contributed by atoms with Gasteiger partial charge >= 0.3 is 0 Å². The molecule has 1 saturated heterocycles. The molecule has 2 aliphatic rings. The van der Waals surface area contributed by atoms with Crippen LogP contribution in [0.5, 0.6) is 0 Å². The van der Waals surface area contributed by atoms with Gasteiger partial charge in [-0.2, -0.15) is 0 Å². The van der Waals surface area contributed by atoms with Gasteiger partial charge in [0.05, 0.1) is 0 Å². The fourth-order valence-electron chi connectivity index (χ4n) is 5.00. The number of hydrogen-bond donors (Lipinski definition) is 0. The molecule has 0 aromatic heterocycles. The molecular weight excluding hydrogens is 398 g/mol. The molecule has 0 unspecified atom stereocenters. The fourth-order valence-corrected chi connectivity index (χ4v) is 5.00. The van der Waals surface area contributed by atoms with E-state index in [2.05, 4.69) is 17.9 Å². The summed E-state index contributed by atoms with van der Waals surface area (Å²) in [4.78, 5) is 31.9. The Labute approximate surface area is 192 Å². The van der Waals surface area contributed by atoms with E-state index in [9.17, 15) is 9.59 Å². The summed E-state index contributed by atoms with van der Waals surface area (Å²) in [7, 11) is 0. The number of hydrogen-bond acceptors (Lipinski definition) is 3. The topological polar surface area (TPSA) is 43.9 Å². The van der Waals surface area contributed by atoms with Crippen LogP contribution in [0.1, 0.15) is 59.9 Å². The molecule has 2 aromatic carbocycles. The molecule has 170 valence electrons. The molecular formula is C27H35N3O2. The number of rotatable bonds is 7. The Kier molecular flexibility index (Phi) is 6.95. The van der Waals surface area contributed by atoms with E-state index in [0.29, 0.717) is 24.7 Å². The zero-order valence-corrected chi connectivity index (χ0v) is 19.6. The Morgan fingerprint density at radius 3 is 2.38 bits per heavy atom. The summed E-state index contributed by atoms with van der Waals surface area (Å²) >= 11 is 0. The van der Waals surface area contributed by atoms with Gasteiger partial charge < -0.3 is 9.80 Å². The van der Waals surface area contributed by atoms with Crippen molar-refractivity contribution < 1.29 is 9.59 Å². The van der Waals surface area contributed by atoms with Crippen molar-refractivity contribution in [2.75, 3.05) is 39.3 Å². The Balaban J connectivity index is 1.44. The van der Waals surface area contributed by atoms with Crippen LogP contribution in [0.3, 0.4) is 0 Å². The van der Waals surface area contributed by atoms with Crippen LogP contribution in [0.25, 0.3) is 11.1 Å². The molecule has 1 fully saturated rings. The molecule has 0 aliphatic carbocycles. The van der Waals surface area contributed by atoms with Crippen molar-refractivity contribution in [3.8, 4) is 11.1 Å². The summed E-state index contributed by atoms with van der Waals surface area (Å²) in [5.41, 5.74) is 4.84. The van der Waals surface area contributed by atoms with E-state index in [0.717, 1.165) is 54.9 Å². The van der Waals surface area contributed by atoms with Gasteiger partial charge in [-0.05, 0) is 81.5 Å². The first-order valence-corrected chi connectivity index (χ1v) is 12.1. The van der Waals surface area contributed by atoms with Gasteiger partial charge in [-0.3, -0.25) is 14.5 Å². The number of benzene rings is 2. The minimum absolute atomic E-state index is 0.0704. The second-order valence-corrected chi connectivity index (χ2v) is 9.00. The summed E-state index contributed by atoms with van der Waals surface area (Å²) < 4.78 is 0. The van der Waals surface area contributed by atoms with Crippen LogP contribution >= 0.6 is 0 Å². The quantitative estimate of drug-likeness (QED) is 0.653. The average Bonchev–Trinajstić information content (AvgIpc) is 3.24. The molecule has 2 aromatic rings. The van der Waals surface area contributed by atoms with Crippen molar-refractivity contribution in [2.24, 2.45) is 0 Å². The third-order valence-electron chi connectivity index (χ3n) is 7.14. The monoisotopic (exact) mass is 433 g/mol. The van der Waals surface area contributed by atoms with Gasteiger partial charge in [0.15, 0.2) is 0 Å². The van der Waals surface area contributed by atoms with Crippen LogP contribution in [0.4, 0.5) is 0 Å². The van der Waals surface area contributed by atoms with Crippen molar-refractivity contribution in [2.45, 2.75) is 46.1 Å². The first-order chi connectivity index (χ1) is 15.5. The number of likely N-dealkylation sites (tertiary alicyclic amines) is 1. The molecule has 2 aliphatic heterocycles. The predicted octanol–water partition coefficient (Wildman–Crippen LogP) is 4.32. The molecule has 5 heteroatoms. The molecule has 0 bridgehead atoms. The minimum atomic E-state index is 0.0704. The van der Waals surface area contributed by atoms with Crippen molar-refractivity contribution in [1.82, 2.24) is 14.7 Å². The SMILES string of the molecule is CCN(CC)C(=O)c1ccc(-c2ccc3c(c2)CCN(CCN2CCC[C@H]2C)C3=O)cc1. The van der Waals surface area contributed by atoms with E-state index >= 15 is 0 Å². The second-order valence-electron chi connectivity index (χ2n) is 9.00. The number of carbonyl (C=O) groups excluding carboxylic acids is 2. The predicted molar refractivity (Wildman–Crippen MR) is 129 cm³/mol. The lowest BCUT2D eigenvalue weighted by Crippen LogP contribution is -2.43. The number of amides is 2. The Morgan fingerprint density at radius 1 is 1.00 bits per heavy atom. The van der Waals surface area contributed by atoms with Crippen LogP contribution in [0, 0.1) is 0 Å². The van der Waals surface area contributed by atoms with Crippen LogP contribution in [-0.4, -0.2) is 71.8 Å². The Bertz CT molecular complexity index is 965. The van der Waals surface area contributed by atoms with E-state index in [1.807, 2.05) is 60.0 Å². The van der Waals surface area contributed by atoms with Gasteiger partial charge in [0.25, 0.3) is 11.8 Å². The molecule has 0 radical (unpaired) electrons. The molecule has 1 atom stereocenters. The van der Waals surface area contributed by atoms with E-state index in [1.165, 1.54) is 12.8 Å². The number of fused-ring (bicyclic) bond motifs is 1. The first kappa shape index (κ1) is 22.5. The molecule has 2 amide bonds. The van der Waals surface area contributed by atoms with Gasteiger partial charge in [-0.15, -0.1) is 0 Å². The fraction of sp³-hybridized carbons (Fsp3) is 0.481. The summed E-state index contributed by atoms with van der Waals surface area (Å²) in [5.74, 6) is 0.228. The van der Waals surface area contributed by atoms with Gasteiger partial charge in [-0.1, -0.05) is 24.3 Å². The molecule has 5 nitrogen and oxygen atoms in total. The average molecular weight is 434 g/mol. The van der Waals surface area contributed by atoms with Crippen LogP contribution < -0.4 is 0 Å². The largest absolute Gasteiger partial charge is 0.339 e. The maximum Gasteiger partial charge on any atom is 0.254 e. The van der Waals surface area contributed by atoms with Gasteiger partial charge in [0.2, 0.25) is 0 Å². The zero-order chi connectivity index (χ0) is 22.7. The lowest BCUT2D eigenvalue weighted by Gasteiger charge is -2.31. The Morgan fingerprint density at radius 2 is 1.72 bits per heavy atom. The highest BCUT2D eigenvalue weighted by Crippen LogP contribution is 2.27. The molecule has 32 heavy (non-hydrogen) atoms. The van der Waals surface area contributed by atoms with Crippen LogP contribution in [0.15, 0.2) is 42.5 Å². The normalized spacial score (nSPS) is 18.7. The lowest BCUT2D eigenvalue weighted by molar-refractivity contribution is 0.0716. The molecule has 0 N–H and O–H groups in total. The highest BCUT2D eigenvalue weighted by molar-refractivity contribution is 5.97. The number of carbonyl (C=O) groups is 2. The van der Waals surface area contributed by atoms with E-state index in [-0.39, 0.29) is 11.8 Å². The summed E-state index contributed by atoms with van der Waals surface area (Å²) in [6.45, 7) is 11.4. The highest BCUT2D eigenvalue weighted by Gasteiger charge is 2.26. The van der Waals surface area contributed by atoms with E-state index in [1.54, 1.807) is 0 Å². The maximum atomic E-state index is 13.1. The lowest BCUT2D eigenvalue weighted by atomic mass is 9.93. The summed E-state index contributed by atoms with van der Waals surface area (Å²) in [6, 6.07) is 14.6. The third kappa shape index (κ3) is 4.58. The van der Waals surface area contributed by atoms with Crippen molar-refractivity contribution in [1.29, 1.82) is 0 Å². The minimum Gasteiger partial charge on any atom is -0.339 e. The van der Waals surface area contributed by atoms with E-state index in [4.69, 9.17) is 0 Å². The highest BCUT2D eigenvalue weighted by atomic mass is 16.2. The standard InChI is InChI=1S/C27H35N3O2/c1-4-28(5-2)26(31)22-10-8-21(9-11-22)23-12-13-25-24(19-23)14-16-30(27(25)32)18-17-29-15-6-7-20(29)3/h8-13,19-20H,4-7,14-18H2,1-3H3/t20-/m1/s1. The van der Waals surface area contributed by atoms with Crippen molar-refractivity contribution in [3.05, 3.63) is 59.2 Å². The summed E-state index contributed by atoms with van der Waals surface area (Å²) in [6.07, 6.45) is 3.43. The van der Waals surface area contributed by atoms with E-state index < -0.39 is 0 Å². The first-order valence-electron chi connectivity index (χ1n) is 12.1. The van der Waals surface area contributed by atoms with Gasteiger partial charge in [-0.25, -0.2) is 0 Å². The van der Waals surface area contributed by atoms with Crippen molar-refractivity contribution >= 4 is 11.8 Å². The van der Waals surface area contributed by atoms with Crippen LogP contribution in [0.2, 0.25) is 0 Å². The molecule has 0 saturated carbocycles. The smallest absolute Gasteiger partial charge is 0.254 e. The Hall–Kier alpha value is -2.66.